The summed E-state index contributed by atoms with van der Waals surface area (Å²) in [6.45, 7) is -0.127. The Bertz CT molecular complexity index is 485. The van der Waals surface area contributed by atoms with Crippen LogP contribution < -0.4 is 10.1 Å². The van der Waals surface area contributed by atoms with Gasteiger partial charge >= 0.3 is 5.97 Å². The number of rotatable bonds is 5. The Morgan fingerprint density at radius 2 is 2.05 bits per heavy atom. The number of carboxylic acid groups (broad SMARTS) is 1. The van der Waals surface area contributed by atoms with E-state index in [1.807, 2.05) is 0 Å². The van der Waals surface area contributed by atoms with Crippen molar-refractivity contribution in [2.24, 2.45) is 5.92 Å². The van der Waals surface area contributed by atoms with Crippen LogP contribution in [0.25, 0.3) is 0 Å². The van der Waals surface area contributed by atoms with E-state index in [9.17, 15) is 9.59 Å². The molecule has 1 amide bonds. The average molecular weight is 284 g/mol. The third kappa shape index (κ3) is 3.61. The maximum Gasteiger partial charge on any atom is 0.306 e. The molecule has 1 fully saturated rings. The fourth-order valence-corrected chi connectivity index (χ4v) is 2.10. The molecule has 1 aromatic carbocycles. The van der Waals surface area contributed by atoms with Crippen molar-refractivity contribution >= 4 is 23.5 Å². The van der Waals surface area contributed by atoms with Crippen molar-refractivity contribution in [3.05, 3.63) is 29.3 Å². The van der Waals surface area contributed by atoms with Gasteiger partial charge < -0.3 is 15.2 Å². The normalized spacial score (nSPS) is 21.3. The molecule has 1 aliphatic carbocycles. The van der Waals surface area contributed by atoms with Crippen LogP contribution in [-0.4, -0.2) is 29.6 Å². The molecule has 19 heavy (non-hydrogen) atoms. The van der Waals surface area contributed by atoms with Gasteiger partial charge in [-0.15, -0.1) is 0 Å². The zero-order valence-corrected chi connectivity index (χ0v) is 10.9. The van der Waals surface area contributed by atoms with Crippen LogP contribution >= 0.6 is 11.6 Å². The number of hydrogen-bond acceptors (Lipinski definition) is 3. The molecule has 0 radical (unpaired) electrons. The van der Waals surface area contributed by atoms with Crippen LogP contribution in [0.3, 0.4) is 0 Å². The van der Waals surface area contributed by atoms with Gasteiger partial charge in [-0.25, -0.2) is 0 Å². The highest BCUT2D eigenvalue weighted by atomic mass is 35.5. The predicted molar refractivity (Wildman–Crippen MR) is 69.2 cm³/mol. The molecule has 0 unspecified atom stereocenters. The number of nitrogens with one attached hydrogen (secondary N) is 1. The quantitative estimate of drug-likeness (QED) is 0.862. The molecule has 0 atom stereocenters. The summed E-state index contributed by atoms with van der Waals surface area (Å²) in [4.78, 5) is 22.2. The molecule has 0 heterocycles. The molecule has 0 aromatic heterocycles. The number of carboxylic acids is 1. The van der Waals surface area contributed by atoms with Crippen LogP contribution in [0, 0.1) is 5.92 Å². The Kier molecular flexibility index (Phi) is 4.27. The van der Waals surface area contributed by atoms with E-state index in [1.165, 1.54) is 0 Å². The summed E-state index contributed by atoms with van der Waals surface area (Å²) >= 11 is 5.88. The molecule has 102 valence electrons. The molecular weight excluding hydrogens is 270 g/mol. The number of para-hydroxylation sites is 1. The van der Waals surface area contributed by atoms with Crippen molar-refractivity contribution in [3.63, 3.8) is 0 Å². The summed E-state index contributed by atoms with van der Waals surface area (Å²) in [5, 5.41) is 11.9. The van der Waals surface area contributed by atoms with Gasteiger partial charge in [0.05, 0.1) is 10.9 Å². The molecule has 0 spiro atoms. The Labute approximate surface area is 115 Å². The lowest BCUT2D eigenvalue weighted by Gasteiger charge is -2.32. The summed E-state index contributed by atoms with van der Waals surface area (Å²) < 4.78 is 5.28. The fraction of sp³-hybridized carbons (Fsp3) is 0.385. The Morgan fingerprint density at radius 3 is 2.68 bits per heavy atom. The molecule has 1 aromatic rings. The van der Waals surface area contributed by atoms with Gasteiger partial charge in [-0.05, 0) is 25.0 Å². The van der Waals surface area contributed by atoms with E-state index in [-0.39, 0.29) is 24.5 Å². The summed E-state index contributed by atoms with van der Waals surface area (Å²) in [5.41, 5.74) is 0. The maximum absolute atomic E-state index is 11.6. The van der Waals surface area contributed by atoms with Gasteiger partial charge in [0.1, 0.15) is 5.75 Å². The van der Waals surface area contributed by atoms with Gasteiger partial charge in [-0.1, -0.05) is 23.7 Å². The number of ether oxygens (including phenoxy) is 1. The zero-order chi connectivity index (χ0) is 13.8. The number of aliphatic carboxylic acids is 1. The minimum atomic E-state index is -0.808. The van der Waals surface area contributed by atoms with Crippen LogP contribution in [0.1, 0.15) is 12.8 Å². The lowest BCUT2D eigenvalue weighted by molar-refractivity contribution is -0.146. The Hall–Kier alpha value is -1.75. The van der Waals surface area contributed by atoms with E-state index in [0.717, 1.165) is 0 Å². The molecule has 2 N–H and O–H groups in total. The van der Waals surface area contributed by atoms with Gasteiger partial charge in [0.25, 0.3) is 5.91 Å². The summed E-state index contributed by atoms with van der Waals surface area (Å²) in [6, 6.07) is 6.83. The van der Waals surface area contributed by atoms with Gasteiger partial charge in [-0.2, -0.15) is 0 Å². The van der Waals surface area contributed by atoms with E-state index in [2.05, 4.69) is 5.32 Å². The minimum Gasteiger partial charge on any atom is -0.482 e. The van der Waals surface area contributed by atoms with E-state index in [4.69, 9.17) is 21.4 Å². The summed E-state index contributed by atoms with van der Waals surface area (Å²) in [6.07, 6.45) is 0.959. The van der Waals surface area contributed by atoms with Crippen LogP contribution in [-0.2, 0) is 9.59 Å². The topological polar surface area (TPSA) is 75.6 Å². The van der Waals surface area contributed by atoms with Crippen molar-refractivity contribution in [2.45, 2.75) is 18.9 Å². The van der Waals surface area contributed by atoms with Gasteiger partial charge in [0.15, 0.2) is 6.61 Å². The molecule has 0 bridgehead atoms. The number of benzene rings is 1. The largest absolute Gasteiger partial charge is 0.482 e. The molecular formula is C13H14ClNO4. The number of carbonyl (C=O) groups is 2. The zero-order valence-electron chi connectivity index (χ0n) is 10.1. The second kappa shape index (κ2) is 5.93. The molecule has 1 saturated carbocycles. The third-order valence-electron chi connectivity index (χ3n) is 3.05. The first-order valence-electron chi connectivity index (χ1n) is 5.95. The fourth-order valence-electron chi connectivity index (χ4n) is 1.91. The lowest BCUT2D eigenvalue weighted by atomic mass is 9.80. The first-order valence-corrected chi connectivity index (χ1v) is 6.33. The van der Waals surface area contributed by atoms with Crippen molar-refractivity contribution in [1.82, 2.24) is 5.32 Å². The highest BCUT2D eigenvalue weighted by molar-refractivity contribution is 6.32. The van der Waals surface area contributed by atoms with Gasteiger partial charge in [-0.3, -0.25) is 9.59 Å². The number of carbonyl (C=O) groups excluding carboxylic acids is 1. The van der Waals surface area contributed by atoms with Crippen LogP contribution in [0.2, 0.25) is 5.02 Å². The highest BCUT2D eigenvalue weighted by Crippen LogP contribution is 2.27. The lowest BCUT2D eigenvalue weighted by Crippen LogP contribution is -2.48. The number of halogens is 1. The maximum atomic E-state index is 11.6. The van der Waals surface area contributed by atoms with Crippen molar-refractivity contribution in [2.75, 3.05) is 6.61 Å². The number of amides is 1. The molecule has 2 rings (SSSR count). The minimum absolute atomic E-state index is 0.0663. The molecule has 0 saturated heterocycles. The standard InChI is InChI=1S/C13H14ClNO4/c14-10-3-1-2-4-11(10)19-7-12(16)15-9-5-8(6-9)13(17)18/h1-4,8-9H,5-7H2,(H,15,16)(H,17,18). The molecule has 5 nitrogen and oxygen atoms in total. The second-order valence-corrected chi connectivity index (χ2v) is 4.90. The first-order chi connectivity index (χ1) is 9.06. The number of hydrogen-bond donors (Lipinski definition) is 2. The van der Waals surface area contributed by atoms with Crippen LogP contribution in [0.4, 0.5) is 0 Å². The predicted octanol–water partition coefficient (Wildman–Crippen LogP) is 1.70. The van der Waals surface area contributed by atoms with Crippen molar-refractivity contribution in [3.8, 4) is 5.75 Å². The smallest absolute Gasteiger partial charge is 0.306 e. The van der Waals surface area contributed by atoms with Gasteiger partial charge in [0.2, 0.25) is 0 Å². The van der Waals surface area contributed by atoms with E-state index in [0.29, 0.717) is 23.6 Å². The Balaban J connectivity index is 1.72. The summed E-state index contributed by atoms with van der Waals surface area (Å²) in [5.74, 6) is -0.960. The second-order valence-electron chi connectivity index (χ2n) is 4.49. The van der Waals surface area contributed by atoms with E-state index < -0.39 is 5.97 Å². The van der Waals surface area contributed by atoms with Crippen molar-refractivity contribution in [1.29, 1.82) is 0 Å². The SMILES string of the molecule is O=C(COc1ccccc1Cl)NC1CC(C(=O)O)C1. The third-order valence-corrected chi connectivity index (χ3v) is 3.36. The van der Waals surface area contributed by atoms with Crippen molar-refractivity contribution < 1.29 is 19.4 Å². The van der Waals surface area contributed by atoms with Crippen LogP contribution in [0.15, 0.2) is 24.3 Å². The molecule has 0 aliphatic heterocycles. The highest BCUT2D eigenvalue weighted by Gasteiger charge is 2.35. The molecule has 1 aliphatic rings. The van der Waals surface area contributed by atoms with Gasteiger partial charge in [0, 0.05) is 6.04 Å². The summed E-state index contributed by atoms with van der Waals surface area (Å²) in [7, 11) is 0. The average Bonchev–Trinajstić information content (AvgIpc) is 2.31. The van der Waals surface area contributed by atoms with E-state index in [1.54, 1.807) is 24.3 Å². The molecule has 6 heteroatoms. The Morgan fingerprint density at radius 1 is 1.37 bits per heavy atom. The monoisotopic (exact) mass is 283 g/mol. The first kappa shape index (κ1) is 13.7. The van der Waals surface area contributed by atoms with E-state index >= 15 is 0 Å². The van der Waals surface area contributed by atoms with Crippen LogP contribution in [0.5, 0.6) is 5.75 Å².